The number of amides is 2. The van der Waals surface area contributed by atoms with Gasteiger partial charge in [0, 0.05) is 48.6 Å². The van der Waals surface area contributed by atoms with E-state index in [0.29, 0.717) is 41.5 Å². The lowest BCUT2D eigenvalue weighted by atomic mass is 9.88. The van der Waals surface area contributed by atoms with Gasteiger partial charge in [-0.05, 0) is 82.5 Å². The molecule has 2 aliphatic heterocycles. The van der Waals surface area contributed by atoms with Crippen molar-refractivity contribution in [1.29, 1.82) is 0 Å². The van der Waals surface area contributed by atoms with E-state index in [1.807, 2.05) is 0 Å². The molecule has 0 radical (unpaired) electrons. The number of halogens is 2. The van der Waals surface area contributed by atoms with Gasteiger partial charge in [0.05, 0.1) is 4.90 Å². The third-order valence-electron chi connectivity index (χ3n) is 9.16. The Kier molecular flexibility index (Phi) is 14.4. The lowest BCUT2D eigenvalue weighted by Gasteiger charge is -2.34. The number of rotatable bonds is 6. The Bertz CT molecular complexity index is 1120. The minimum atomic E-state index is -3.61. The molecule has 2 saturated heterocycles. The highest BCUT2D eigenvalue weighted by atomic mass is 35.5. The van der Waals surface area contributed by atoms with Crippen LogP contribution in [0.5, 0.6) is 0 Å². The fraction of sp³-hybridized carbons (Fsp3) is 0.742. The van der Waals surface area contributed by atoms with Crippen LogP contribution < -0.4 is 16.0 Å². The highest BCUT2D eigenvalue weighted by Crippen LogP contribution is 2.28. The molecule has 0 spiro atoms. The van der Waals surface area contributed by atoms with Crippen LogP contribution in [0, 0.1) is 18.8 Å². The van der Waals surface area contributed by atoms with Crippen molar-refractivity contribution in [2.45, 2.75) is 114 Å². The predicted octanol–water partition coefficient (Wildman–Crippen LogP) is 5.35. The first kappa shape index (κ1) is 35.1. The maximum absolute atomic E-state index is 13.0. The summed E-state index contributed by atoms with van der Waals surface area (Å²) in [6.45, 7) is 4.59. The fourth-order valence-electron chi connectivity index (χ4n) is 6.63. The van der Waals surface area contributed by atoms with Crippen LogP contribution in [0.1, 0.15) is 95.5 Å². The van der Waals surface area contributed by atoms with Gasteiger partial charge in [-0.15, -0.1) is 12.4 Å². The van der Waals surface area contributed by atoms with E-state index in [1.165, 1.54) is 36.4 Å². The molecule has 8 nitrogen and oxygen atoms in total. The number of piperidine rings is 2. The van der Waals surface area contributed by atoms with Crippen molar-refractivity contribution in [2.24, 2.45) is 11.8 Å². The van der Waals surface area contributed by atoms with Gasteiger partial charge in [-0.3, -0.25) is 9.59 Å². The number of carbonyl (C=O) groups excluding carboxylic acids is 2. The topological polar surface area (TPSA) is 108 Å². The van der Waals surface area contributed by atoms with Gasteiger partial charge in [0.15, 0.2) is 0 Å². The third-order valence-corrected chi connectivity index (χ3v) is 11.6. The molecule has 4 fully saturated rings. The maximum Gasteiger partial charge on any atom is 0.243 e. The first-order valence-electron chi connectivity index (χ1n) is 15.8. The Morgan fingerprint density at radius 3 is 1.98 bits per heavy atom. The number of nitrogens with one attached hydrogen (secondary N) is 3. The van der Waals surface area contributed by atoms with E-state index in [9.17, 15) is 18.0 Å². The van der Waals surface area contributed by atoms with Crippen molar-refractivity contribution < 1.29 is 18.0 Å². The molecule has 1 aromatic rings. The van der Waals surface area contributed by atoms with E-state index in [-0.39, 0.29) is 35.2 Å². The smallest absolute Gasteiger partial charge is 0.243 e. The van der Waals surface area contributed by atoms with Crippen molar-refractivity contribution in [3.05, 3.63) is 28.8 Å². The van der Waals surface area contributed by atoms with Crippen LogP contribution in [0.15, 0.2) is 23.1 Å². The first-order valence-corrected chi connectivity index (χ1v) is 17.6. The van der Waals surface area contributed by atoms with Gasteiger partial charge < -0.3 is 16.0 Å². The van der Waals surface area contributed by atoms with Gasteiger partial charge in [-0.25, -0.2) is 8.42 Å². The van der Waals surface area contributed by atoms with Crippen LogP contribution in [0.2, 0.25) is 5.02 Å². The quantitative estimate of drug-likeness (QED) is 0.387. The highest BCUT2D eigenvalue weighted by Gasteiger charge is 2.33. The molecule has 2 heterocycles. The summed E-state index contributed by atoms with van der Waals surface area (Å²) in [6, 6.07) is 5.22. The summed E-state index contributed by atoms with van der Waals surface area (Å²) >= 11 is 6.10. The fourth-order valence-corrected chi connectivity index (χ4v) is 8.63. The van der Waals surface area contributed by atoms with Crippen LogP contribution >= 0.6 is 24.0 Å². The van der Waals surface area contributed by atoms with E-state index >= 15 is 0 Å². The van der Waals surface area contributed by atoms with Crippen LogP contribution in [-0.4, -0.2) is 62.8 Å². The second kappa shape index (κ2) is 17.2. The van der Waals surface area contributed by atoms with Crippen LogP contribution in [0.25, 0.3) is 0 Å². The maximum atomic E-state index is 13.0. The second-order valence-electron chi connectivity index (χ2n) is 12.3. The molecule has 0 unspecified atom stereocenters. The van der Waals surface area contributed by atoms with Gasteiger partial charge in [0.2, 0.25) is 21.8 Å². The number of sulfonamides is 1. The van der Waals surface area contributed by atoms with Crippen LogP contribution in [0.3, 0.4) is 0 Å². The predicted molar refractivity (Wildman–Crippen MR) is 171 cm³/mol. The average molecular weight is 646 g/mol. The van der Waals surface area contributed by atoms with Crippen LogP contribution in [-0.2, 0) is 19.6 Å². The molecule has 4 aliphatic rings. The van der Waals surface area contributed by atoms with Crippen LogP contribution in [0.4, 0.5) is 0 Å². The van der Waals surface area contributed by atoms with E-state index < -0.39 is 10.0 Å². The minimum Gasteiger partial charge on any atom is -0.352 e. The van der Waals surface area contributed by atoms with Crippen molar-refractivity contribution >= 4 is 45.8 Å². The zero-order valence-corrected chi connectivity index (χ0v) is 27.4. The molecule has 42 heavy (non-hydrogen) atoms. The minimum absolute atomic E-state index is 0. The van der Waals surface area contributed by atoms with E-state index in [4.69, 9.17) is 11.6 Å². The van der Waals surface area contributed by atoms with Crippen molar-refractivity contribution in [3.8, 4) is 0 Å². The molecule has 5 rings (SSSR count). The summed E-state index contributed by atoms with van der Waals surface area (Å²) in [5.41, 5.74) is 0.572. The third kappa shape index (κ3) is 9.81. The van der Waals surface area contributed by atoms with Crippen molar-refractivity contribution in [2.75, 3.05) is 26.2 Å². The van der Waals surface area contributed by atoms with E-state index in [0.717, 1.165) is 70.9 Å². The van der Waals surface area contributed by atoms with E-state index in [1.54, 1.807) is 25.1 Å². The first-order chi connectivity index (χ1) is 19.8. The van der Waals surface area contributed by atoms with Gasteiger partial charge in [-0.2, -0.15) is 4.31 Å². The summed E-state index contributed by atoms with van der Waals surface area (Å²) in [5.74, 6) is 0.794. The molecule has 2 aliphatic carbocycles. The molecular weight excluding hydrogens is 595 g/mol. The number of benzene rings is 1. The molecule has 2 saturated carbocycles. The Labute approximate surface area is 263 Å². The average Bonchev–Trinajstić information content (AvgIpc) is 3.00. The summed E-state index contributed by atoms with van der Waals surface area (Å²) < 4.78 is 27.6. The second-order valence-corrected chi connectivity index (χ2v) is 14.6. The lowest BCUT2D eigenvalue weighted by Crippen LogP contribution is -2.50. The highest BCUT2D eigenvalue weighted by molar-refractivity contribution is 7.89. The number of hydrogen-bond acceptors (Lipinski definition) is 5. The molecule has 1 aromatic carbocycles. The van der Waals surface area contributed by atoms with Gasteiger partial charge >= 0.3 is 0 Å². The lowest BCUT2D eigenvalue weighted by molar-refractivity contribution is -0.127. The van der Waals surface area contributed by atoms with Gasteiger partial charge in [0.25, 0.3) is 0 Å². The summed E-state index contributed by atoms with van der Waals surface area (Å²) in [4.78, 5) is 24.7. The Balaban J connectivity index is 0.000000258. The Morgan fingerprint density at radius 2 is 1.40 bits per heavy atom. The normalized spacial score (nSPS) is 24.4. The summed E-state index contributed by atoms with van der Waals surface area (Å²) in [5, 5.41) is 10.1. The zero-order valence-electron chi connectivity index (χ0n) is 25.0. The van der Waals surface area contributed by atoms with Crippen molar-refractivity contribution in [1.82, 2.24) is 20.3 Å². The monoisotopic (exact) mass is 644 g/mol. The molecule has 3 N–H and O–H groups in total. The van der Waals surface area contributed by atoms with Crippen molar-refractivity contribution in [3.63, 3.8) is 0 Å². The molecule has 2 amide bonds. The molecule has 0 aromatic heterocycles. The molecule has 238 valence electrons. The molecule has 0 bridgehead atoms. The standard InChI is InChI=1S/C19H27ClN2O3S.C12H22N2O.ClH/c1-14-17(20)10-5-11-18(14)26(24,25)22-12-6-9-16(13-22)21-19(23)15-7-3-2-4-8-15;15-12(10-5-2-1-3-6-10)14-11-7-4-8-13-9-11;/h5,10-11,15-16H,2-4,6-9,12-13H2,1H3,(H,21,23);10-11,13H,1-9H2,(H,14,15);1H/t16-;11-;/m11./s1. The summed E-state index contributed by atoms with van der Waals surface area (Å²) in [7, 11) is -3.61. The number of carbonyl (C=O) groups is 2. The number of hydrogen-bond donors (Lipinski definition) is 3. The van der Waals surface area contributed by atoms with Gasteiger partial charge in [-0.1, -0.05) is 56.2 Å². The zero-order chi connectivity index (χ0) is 29.2. The van der Waals surface area contributed by atoms with E-state index in [2.05, 4.69) is 16.0 Å². The molecule has 2 atom stereocenters. The Hall–Kier alpha value is -1.39. The molecule has 11 heteroatoms. The Morgan fingerprint density at radius 1 is 0.833 bits per heavy atom. The molecular formula is C31H50Cl2N4O4S. The van der Waals surface area contributed by atoms with Gasteiger partial charge in [0.1, 0.15) is 0 Å². The number of nitrogens with zero attached hydrogens (tertiary/aromatic N) is 1. The SMILES string of the molecule is Cc1c(Cl)cccc1S(=O)(=O)N1CCC[C@@H](NC(=O)C2CCCCC2)C1.Cl.O=C(N[C@@H]1CCCNC1)C1CCCCC1. The largest absolute Gasteiger partial charge is 0.352 e. The summed E-state index contributed by atoms with van der Waals surface area (Å²) in [6.07, 6.45) is 15.2.